The van der Waals surface area contributed by atoms with Crippen LogP contribution in [0.15, 0.2) is 24.3 Å². The van der Waals surface area contributed by atoms with E-state index in [1.54, 1.807) is 18.9 Å². The van der Waals surface area contributed by atoms with E-state index in [-0.39, 0.29) is 0 Å². The first kappa shape index (κ1) is 19.5. The second kappa shape index (κ2) is 9.11. The maximum absolute atomic E-state index is 12.4. The maximum atomic E-state index is 12.4. The largest absolute Gasteiger partial charge is 0.497 e. The van der Waals surface area contributed by atoms with Crippen molar-refractivity contribution in [3.63, 3.8) is 0 Å². The smallest absolute Gasteiger partial charge is 0.232 e. The van der Waals surface area contributed by atoms with E-state index in [4.69, 9.17) is 4.74 Å². The van der Waals surface area contributed by atoms with E-state index in [9.17, 15) is 4.79 Å². The average Bonchev–Trinajstić information content (AvgIpc) is 3.16. The predicted octanol–water partition coefficient (Wildman–Crippen LogP) is 2.64. The molecule has 2 N–H and O–H groups in total. The third-order valence-electron chi connectivity index (χ3n) is 5.49. The number of hydrazine groups is 1. The van der Waals surface area contributed by atoms with Crippen molar-refractivity contribution in [1.29, 1.82) is 0 Å². The molecule has 0 aromatic heterocycles. The Morgan fingerprint density at radius 1 is 1.35 bits per heavy atom. The van der Waals surface area contributed by atoms with Crippen LogP contribution in [-0.4, -0.2) is 54.6 Å². The zero-order chi connectivity index (χ0) is 18.5. The summed E-state index contributed by atoms with van der Waals surface area (Å²) in [5.41, 5.74) is 8.16. The highest BCUT2D eigenvalue weighted by Gasteiger charge is 2.36. The minimum absolute atomic E-state index is 0.295. The lowest BCUT2D eigenvalue weighted by Gasteiger charge is -2.36. The molecule has 6 heteroatoms. The first-order valence-electron chi connectivity index (χ1n) is 9.60. The summed E-state index contributed by atoms with van der Waals surface area (Å²) < 4.78 is 5.39. The molecule has 144 valence electrons. The molecule has 2 aliphatic rings. The Morgan fingerprint density at radius 3 is 2.81 bits per heavy atom. The van der Waals surface area contributed by atoms with E-state index in [0.29, 0.717) is 34.8 Å². The van der Waals surface area contributed by atoms with Gasteiger partial charge in [-0.15, -0.1) is 11.8 Å². The van der Waals surface area contributed by atoms with Gasteiger partial charge in [-0.05, 0) is 41.7 Å². The third kappa shape index (κ3) is 4.72. The van der Waals surface area contributed by atoms with Gasteiger partial charge < -0.3 is 9.64 Å². The van der Waals surface area contributed by atoms with E-state index in [1.807, 2.05) is 6.07 Å². The van der Waals surface area contributed by atoms with Crippen LogP contribution in [0.3, 0.4) is 0 Å². The number of rotatable bonds is 6. The lowest BCUT2D eigenvalue weighted by molar-refractivity contribution is -0.129. The van der Waals surface area contributed by atoms with Crippen molar-refractivity contribution in [3.8, 4) is 5.75 Å². The molecule has 2 aliphatic heterocycles. The molecule has 2 fully saturated rings. The molecular weight excluding hydrogens is 346 g/mol. The molecule has 2 saturated heterocycles. The molecule has 2 atom stereocenters. The Labute approximate surface area is 161 Å². The van der Waals surface area contributed by atoms with Gasteiger partial charge in [-0.3, -0.25) is 15.6 Å². The zero-order valence-corrected chi connectivity index (χ0v) is 16.8. The molecule has 1 aromatic rings. The standard InChI is InChI=1S/C20H31N3O2S/c1-14(2)26-13-19(24)23-9-7-15(8-10-23)20-18(12-21-22-20)16-5-4-6-17(11-16)25-3/h4-6,11,14-15,18,20-22H,7-10,12-13H2,1-3H3. The lowest BCUT2D eigenvalue weighted by atomic mass is 9.80. The number of hydrogen-bond acceptors (Lipinski definition) is 5. The fourth-order valence-corrected chi connectivity index (χ4v) is 4.65. The minimum atomic E-state index is 0.295. The number of hydrogen-bond donors (Lipinski definition) is 2. The number of carbonyl (C=O) groups is 1. The summed E-state index contributed by atoms with van der Waals surface area (Å²) in [6, 6.07) is 8.81. The number of nitrogens with zero attached hydrogens (tertiary/aromatic N) is 1. The fraction of sp³-hybridized carbons (Fsp3) is 0.650. The number of likely N-dealkylation sites (tertiary alicyclic amines) is 1. The van der Waals surface area contributed by atoms with Gasteiger partial charge in [-0.25, -0.2) is 0 Å². The van der Waals surface area contributed by atoms with Crippen molar-refractivity contribution in [2.75, 3.05) is 32.5 Å². The van der Waals surface area contributed by atoms with Crippen molar-refractivity contribution in [2.24, 2.45) is 5.92 Å². The first-order chi connectivity index (χ1) is 12.6. The van der Waals surface area contributed by atoms with Gasteiger partial charge in [0, 0.05) is 31.6 Å². The van der Waals surface area contributed by atoms with Crippen molar-refractivity contribution in [1.82, 2.24) is 15.8 Å². The summed E-state index contributed by atoms with van der Waals surface area (Å²) in [5, 5.41) is 0.508. The van der Waals surface area contributed by atoms with Crippen LogP contribution in [0.5, 0.6) is 5.75 Å². The quantitative estimate of drug-likeness (QED) is 0.798. The van der Waals surface area contributed by atoms with E-state index in [1.165, 1.54) is 5.56 Å². The molecule has 1 amide bonds. The number of amides is 1. The summed E-state index contributed by atoms with van der Waals surface area (Å²) in [7, 11) is 1.71. The van der Waals surface area contributed by atoms with Crippen LogP contribution in [-0.2, 0) is 4.79 Å². The number of thioether (sulfide) groups is 1. The molecule has 26 heavy (non-hydrogen) atoms. The van der Waals surface area contributed by atoms with Gasteiger partial charge in [0.15, 0.2) is 0 Å². The number of nitrogens with one attached hydrogen (secondary N) is 2. The first-order valence-corrected chi connectivity index (χ1v) is 10.6. The number of methoxy groups -OCH3 is 1. The molecule has 2 heterocycles. The Morgan fingerprint density at radius 2 is 2.12 bits per heavy atom. The van der Waals surface area contributed by atoms with E-state index in [0.717, 1.165) is 38.2 Å². The SMILES string of the molecule is COc1cccc(C2CNNC2C2CCN(C(=O)CSC(C)C)CC2)c1. The maximum Gasteiger partial charge on any atom is 0.232 e. The van der Waals surface area contributed by atoms with Crippen molar-refractivity contribution in [3.05, 3.63) is 29.8 Å². The molecule has 1 aromatic carbocycles. The van der Waals surface area contributed by atoms with Crippen LogP contribution >= 0.6 is 11.8 Å². The zero-order valence-electron chi connectivity index (χ0n) is 16.0. The van der Waals surface area contributed by atoms with Gasteiger partial charge in [0.25, 0.3) is 0 Å². The number of carbonyl (C=O) groups excluding carboxylic acids is 1. The van der Waals surface area contributed by atoms with Crippen LogP contribution in [0.2, 0.25) is 0 Å². The number of piperidine rings is 1. The molecule has 3 rings (SSSR count). The Bertz CT molecular complexity index is 602. The van der Waals surface area contributed by atoms with Gasteiger partial charge in [0.1, 0.15) is 5.75 Å². The molecule has 0 saturated carbocycles. The molecule has 0 bridgehead atoms. The van der Waals surface area contributed by atoms with Crippen LogP contribution in [0, 0.1) is 5.92 Å². The Kier molecular flexibility index (Phi) is 6.84. The average molecular weight is 378 g/mol. The third-order valence-corrected chi connectivity index (χ3v) is 6.57. The number of benzene rings is 1. The summed E-state index contributed by atoms with van der Waals surface area (Å²) in [6.45, 7) is 6.97. The minimum Gasteiger partial charge on any atom is -0.497 e. The molecule has 0 aliphatic carbocycles. The molecule has 5 nitrogen and oxygen atoms in total. The van der Waals surface area contributed by atoms with Gasteiger partial charge in [0.2, 0.25) is 5.91 Å². The molecule has 0 radical (unpaired) electrons. The summed E-state index contributed by atoms with van der Waals surface area (Å²) in [4.78, 5) is 14.4. The normalized spacial score (nSPS) is 24.2. The van der Waals surface area contributed by atoms with Gasteiger partial charge in [-0.1, -0.05) is 26.0 Å². The fourth-order valence-electron chi connectivity index (χ4n) is 4.00. The van der Waals surface area contributed by atoms with Crippen molar-refractivity contribution in [2.45, 2.75) is 43.9 Å². The number of ether oxygens (including phenoxy) is 1. The highest BCUT2D eigenvalue weighted by molar-refractivity contribution is 8.00. The summed E-state index contributed by atoms with van der Waals surface area (Å²) >= 11 is 1.73. The monoisotopic (exact) mass is 377 g/mol. The van der Waals surface area contributed by atoms with E-state index >= 15 is 0 Å². The summed E-state index contributed by atoms with van der Waals surface area (Å²) in [5.74, 6) is 2.84. The topological polar surface area (TPSA) is 53.6 Å². The second-order valence-corrected chi connectivity index (χ2v) is 9.08. The van der Waals surface area contributed by atoms with Crippen LogP contribution in [0.4, 0.5) is 0 Å². The lowest BCUT2D eigenvalue weighted by Crippen LogP contribution is -2.46. The van der Waals surface area contributed by atoms with Gasteiger partial charge in [-0.2, -0.15) is 0 Å². The highest BCUT2D eigenvalue weighted by atomic mass is 32.2. The highest BCUT2D eigenvalue weighted by Crippen LogP contribution is 2.33. The molecular formula is C20H31N3O2S. The van der Waals surface area contributed by atoms with Crippen LogP contribution < -0.4 is 15.6 Å². The molecule has 2 unspecified atom stereocenters. The van der Waals surface area contributed by atoms with Crippen molar-refractivity contribution >= 4 is 17.7 Å². The van der Waals surface area contributed by atoms with Crippen molar-refractivity contribution < 1.29 is 9.53 Å². The van der Waals surface area contributed by atoms with Crippen LogP contribution in [0.1, 0.15) is 38.2 Å². The Hall–Kier alpha value is -1.24. The predicted molar refractivity (Wildman–Crippen MR) is 108 cm³/mol. The summed E-state index contributed by atoms with van der Waals surface area (Å²) in [6.07, 6.45) is 2.13. The van der Waals surface area contributed by atoms with Crippen LogP contribution in [0.25, 0.3) is 0 Å². The van der Waals surface area contributed by atoms with E-state index in [2.05, 4.69) is 47.8 Å². The van der Waals surface area contributed by atoms with Gasteiger partial charge >= 0.3 is 0 Å². The second-order valence-electron chi connectivity index (χ2n) is 7.51. The Balaban J connectivity index is 1.57. The molecule has 0 spiro atoms. The van der Waals surface area contributed by atoms with Gasteiger partial charge in [0.05, 0.1) is 12.9 Å². The van der Waals surface area contributed by atoms with E-state index < -0.39 is 0 Å².